The minimum Gasteiger partial charge on any atom is -0.308 e. The van der Waals surface area contributed by atoms with E-state index in [1.807, 2.05) is 0 Å². The molecule has 0 bridgehead atoms. The Morgan fingerprint density at radius 2 is 1.05 bits per heavy atom. The summed E-state index contributed by atoms with van der Waals surface area (Å²) in [6.07, 6.45) is 1.74. The maximum absolute atomic E-state index is 10.9. The van der Waals surface area contributed by atoms with Gasteiger partial charge in [-0.1, -0.05) is 137 Å². The van der Waals surface area contributed by atoms with Gasteiger partial charge in [-0.15, -0.1) is 0 Å². The molecule has 0 saturated carbocycles. The third kappa shape index (κ3) is 4.43. The molecule has 0 saturated heterocycles. The molecule has 0 atom stereocenters. The molecule has 0 unspecified atom stereocenters. The molecule has 0 amide bonds. The van der Waals surface area contributed by atoms with Crippen molar-refractivity contribution in [3.63, 3.8) is 0 Å². The Balaban J connectivity index is 1.36. The van der Waals surface area contributed by atoms with Crippen molar-refractivity contribution < 1.29 is 0 Å². The molecular formula is C51H38N4. The molecule has 262 valence electrons. The lowest BCUT2D eigenvalue weighted by molar-refractivity contribution is 0.664. The minimum absolute atomic E-state index is 0.284. The zero-order valence-corrected chi connectivity index (χ0v) is 31.4. The number of nitriles is 2. The van der Waals surface area contributed by atoms with Gasteiger partial charge in [-0.25, -0.2) is 0 Å². The van der Waals surface area contributed by atoms with Crippen LogP contribution < -0.4 is 0 Å². The van der Waals surface area contributed by atoms with Gasteiger partial charge in [0.15, 0.2) is 0 Å². The lowest BCUT2D eigenvalue weighted by Crippen LogP contribution is -2.16. The Labute approximate surface area is 320 Å². The van der Waals surface area contributed by atoms with Gasteiger partial charge in [0.25, 0.3) is 0 Å². The van der Waals surface area contributed by atoms with E-state index in [1.54, 1.807) is 6.07 Å². The predicted molar refractivity (Wildman–Crippen MR) is 226 cm³/mol. The summed E-state index contributed by atoms with van der Waals surface area (Å²) in [4.78, 5) is 0. The Morgan fingerprint density at radius 3 is 1.69 bits per heavy atom. The lowest BCUT2D eigenvalue weighted by Gasteiger charge is -2.24. The third-order valence-corrected chi connectivity index (χ3v) is 12.2. The van der Waals surface area contributed by atoms with Crippen LogP contribution in [-0.4, -0.2) is 9.13 Å². The van der Waals surface area contributed by atoms with Gasteiger partial charge >= 0.3 is 0 Å². The topological polar surface area (TPSA) is 57.4 Å². The summed E-state index contributed by atoms with van der Waals surface area (Å²) in [7, 11) is 0. The number of fused-ring (bicyclic) bond motifs is 10. The van der Waals surface area contributed by atoms with Gasteiger partial charge in [0.1, 0.15) is 12.1 Å². The van der Waals surface area contributed by atoms with Crippen LogP contribution in [0.3, 0.4) is 0 Å². The molecule has 10 rings (SSSR count). The molecule has 4 nitrogen and oxygen atoms in total. The maximum Gasteiger partial charge on any atom is 0.101 e. The van der Waals surface area contributed by atoms with E-state index in [2.05, 4.69) is 176 Å². The van der Waals surface area contributed by atoms with E-state index < -0.39 is 0 Å². The van der Waals surface area contributed by atoms with Gasteiger partial charge < -0.3 is 9.13 Å². The van der Waals surface area contributed by atoms with E-state index in [1.165, 1.54) is 44.5 Å². The molecule has 9 aromatic rings. The third-order valence-electron chi connectivity index (χ3n) is 12.2. The smallest absolute Gasteiger partial charge is 0.101 e. The second-order valence-corrected chi connectivity index (χ2v) is 15.2. The van der Waals surface area contributed by atoms with Gasteiger partial charge in [0.2, 0.25) is 0 Å². The van der Waals surface area contributed by atoms with Gasteiger partial charge in [-0.2, -0.15) is 10.5 Å². The quantitative estimate of drug-likeness (QED) is 0.179. The zero-order chi connectivity index (χ0) is 37.6. The first-order chi connectivity index (χ1) is 26.9. The Hall–Kier alpha value is -6.88. The molecule has 1 aliphatic carbocycles. The van der Waals surface area contributed by atoms with Crippen molar-refractivity contribution in [2.45, 2.75) is 46.0 Å². The minimum atomic E-state index is -0.284. The highest BCUT2D eigenvalue weighted by Crippen LogP contribution is 2.53. The standard InChI is InChI=1S/C51H38N4/c1-5-31-15-7-8-16-35(31)36-23-25-41-38-18-10-13-21-44(38)54(49(41)34(36)6-2)46-28-47(33(30-53)27-32(46)29-52)55-45-22-14-11-19-39(45)42-26-24-40-37-17-9-12-20-43(37)51(3,4)48(40)50(42)55/h7-28H,5-6H2,1-4H3. The van der Waals surface area contributed by atoms with Crippen molar-refractivity contribution in [1.82, 2.24) is 9.13 Å². The zero-order valence-electron chi connectivity index (χ0n) is 31.4. The SMILES string of the molecule is CCc1ccccc1-c1ccc2c3ccccc3n(-c3cc(-n4c5ccccc5c5ccc6c(c54)C(C)(C)c4ccccc4-6)c(C#N)cc3C#N)c2c1CC. The molecule has 0 fully saturated rings. The normalized spacial score (nSPS) is 13.0. The molecule has 2 heterocycles. The van der Waals surface area contributed by atoms with E-state index in [0.29, 0.717) is 11.1 Å². The molecule has 0 aliphatic heterocycles. The summed E-state index contributed by atoms with van der Waals surface area (Å²) in [6.45, 7) is 9.06. The van der Waals surface area contributed by atoms with Crippen LogP contribution in [0.25, 0.3) is 77.2 Å². The van der Waals surface area contributed by atoms with Crippen LogP contribution in [0.1, 0.15) is 61.1 Å². The molecular weight excluding hydrogens is 669 g/mol. The Bertz CT molecular complexity index is 3170. The van der Waals surface area contributed by atoms with Crippen LogP contribution in [0.15, 0.2) is 133 Å². The van der Waals surface area contributed by atoms with Crippen molar-refractivity contribution >= 4 is 43.6 Å². The second kappa shape index (κ2) is 12.1. The van der Waals surface area contributed by atoms with Crippen molar-refractivity contribution in [3.8, 4) is 45.8 Å². The monoisotopic (exact) mass is 706 g/mol. The largest absolute Gasteiger partial charge is 0.308 e. The first kappa shape index (κ1) is 32.7. The van der Waals surface area contributed by atoms with Crippen LogP contribution in [0.4, 0.5) is 0 Å². The first-order valence-electron chi connectivity index (χ1n) is 19.2. The lowest BCUT2D eigenvalue weighted by atomic mass is 9.81. The summed E-state index contributed by atoms with van der Waals surface area (Å²) in [5.41, 5.74) is 16.4. The van der Waals surface area contributed by atoms with Crippen LogP contribution in [-0.2, 0) is 18.3 Å². The van der Waals surface area contributed by atoms with E-state index in [-0.39, 0.29) is 5.41 Å². The van der Waals surface area contributed by atoms with Crippen molar-refractivity contribution in [2.24, 2.45) is 0 Å². The maximum atomic E-state index is 10.9. The van der Waals surface area contributed by atoms with Crippen LogP contribution >= 0.6 is 0 Å². The molecule has 7 aromatic carbocycles. The number of aromatic nitrogens is 2. The molecule has 55 heavy (non-hydrogen) atoms. The first-order valence-corrected chi connectivity index (χ1v) is 19.2. The molecule has 0 spiro atoms. The van der Waals surface area contributed by atoms with E-state index in [0.717, 1.165) is 67.8 Å². The number of nitrogens with zero attached hydrogens (tertiary/aromatic N) is 4. The highest BCUT2D eigenvalue weighted by Gasteiger charge is 2.38. The van der Waals surface area contributed by atoms with Gasteiger partial charge in [0, 0.05) is 27.0 Å². The molecule has 4 heteroatoms. The number of aryl methyl sites for hydroxylation is 2. The van der Waals surface area contributed by atoms with Gasteiger partial charge in [0.05, 0.1) is 44.6 Å². The summed E-state index contributed by atoms with van der Waals surface area (Å²) >= 11 is 0. The summed E-state index contributed by atoms with van der Waals surface area (Å²) in [6, 6.07) is 52.4. The van der Waals surface area contributed by atoms with Crippen LogP contribution in [0.2, 0.25) is 0 Å². The number of hydrogen-bond acceptors (Lipinski definition) is 2. The average molecular weight is 707 g/mol. The number of rotatable bonds is 5. The number of para-hydroxylation sites is 2. The number of benzene rings is 7. The summed E-state index contributed by atoms with van der Waals surface area (Å²) in [5, 5.41) is 26.3. The fraction of sp³-hybridized carbons (Fsp3) is 0.137. The van der Waals surface area contributed by atoms with Crippen molar-refractivity contribution in [1.29, 1.82) is 10.5 Å². The average Bonchev–Trinajstić information content (AvgIpc) is 3.83. The molecule has 2 aromatic heterocycles. The van der Waals surface area contributed by atoms with Crippen LogP contribution in [0.5, 0.6) is 0 Å². The highest BCUT2D eigenvalue weighted by atomic mass is 15.0. The van der Waals surface area contributed by atoms with Gasteiger partial charge in [-0.05, 0) is 81.6 Å². The van der Waals surface area contributed by atoms with Gasteiger partial charge in [-0.3, -0.25) is 0 Å². The van der Waals surface area contributed by atoms with E-state index in [4.69, 9.17) is 0 Å². The van der Waals surface area contributed by atoms with Crippen molar-refractivity contribution in [2.75, 3.05) is 0 Å². The van der Waals surface area contributed by atoms with Crippen LogP contribution in [0, 0.1) is 22.7 Å². The highest BCUT2D eigenvalue weighted by molar-refractivity contribution is 6.14. The molecule has 0 N–H and O–H groups in total. The van der Waals surface area contributed by atoms with E-state index in [9.17, 15) is 10.5 Å². The Morgan fingerprint density at radius 1 is 0.509 bits per heavy atom. The Kier molecular flexibility index (Phi) is 7.19. The van der Waals surface area contributed by atoms with E-state index >= 15 is 0 Å². The fourth-order valence-electron chi connectivity index (χ4n) is 9.77. The fourth-order valence-corrected chi connectivity index (χ4v) is 9.77. The summed E-state index contributed by atoms with van der Waals surface area (Å²) < 4.78 is 4.60. The van der Waals surface area contributed by atoms with Crippen molar-refractivity contribution in [3.05, 3.63) is 167 Å². The number of hydrogen-bond donors (Lipinski definition) is 0. The summed E-state index contributed by atoms with van der Waals surface area (Å²) in [5.74, 6) is 0. The molecule has 1 aliphatic rings. The predicted octanol–water partition coefficient (Wildman–Crippen LogP) is 12.7. The molecule has 0 radical (unpaired) electrons. The second-order valence-electron chi connectivity index (χ2n) is 15.2.